The van der Waals surface area contributed by atoms with Crippen LogP contribution >= 0.6 is 23.2 Å². The number of halogens is 2. The Hall–Kier alpha value is -2.46. The molecule has 0 aliphatic carbocycles. The van der Waals surface area contributed by atoms with Crippen LogP contribution in [0, 0.1) is 0 Å². The Morgan fingerprint density at radius 2 is 1.59 bits per heavy atom. The second-order valence-corrected chi connectivity index (χ2v) is 10.6. The standard InChI is InChI=1S/C21H20Cl2N4O4S/c1-4-7-26-18-6-5-12(32(30,31)25(2)3)8-17(18)24-19(26)11-27-20(28)13-9-15(22)16(23)10-14(13)21(27)29/h5-6,8-10H,4,7,11H2,1-3H3. The number of nitrogens with zero attached hydrogens (tertiary/aromatic N) is 4. The number of sulfonamides is 1. The van der Waals surface area contributed by atoms with Gasteiger partial charge in [-0.2, -0.15) is 0 Å². The van der Waals surface area contributed by atoms with Crippen molar-refractivity contribution in [2.45, 2.75) is 31.3 Å². The average Bonchev–Trinajstić information content (AvgIpc) is 3.19. The van der Waals surface area contributed by atoms with E-state index in [-0.39, 0.29) is 32.6 Å². The van der Waals surface area contributed by atoms with Gasteiger partial charge < -0.3 is 4.57 Å². The van der Waals surface area contributed by atoms with Crippen molar-refractivity contribution in [1.29, 1.82) is 0 Å². The van der Waals surface area contributed by atoms with Gasteiger partial charge >= 0.3 is 0 Å². The third-order valence-corrected chi connectivity index (χ3v) is 7.87. The van der Waals surface area contributed by atoms with Crippen molar-refractivity contribution in [2.24, 2.45) is 0 Å². The molecule has 0 unspecified atom stereocenters. The molecule has 168 valence electrons. The first kappa shape index (κ1) is 22.7. The van der Waals surface area contributed by atoms with Gasteiger partial charge in [-0.15, -0.1) is 0 Å². The molecule has 1 aliphatic heterocycles. The summed E-state index contributed by atoms with van der Waals surface area (Å²) in [5, 5.41) is 0.391. The predicted octanol–water partition coefficient (Wildman–Crippen LogP) is 3.80. The topological polar surface area (TPSA) is 92.6 Å². The first-order valence-electron chi connectivity index (χ1n) is 9.83. The van der Waals surface area contributed by atoms with E-state index >= 15 is 0 Å². The van der Waals surface area contributed by atoms with Crippen LogP contribution in [0.2, 0.25) is 10.0 Å². The van der Waals surface area contributed by atoms with Gasteiger partial charge in [0.05, 0.1) is 43.6 Å². The van der Waals surface area contributed by atoms with Gasteiger partial charge in [-0.05, 0) is 36.8 Å². The number of rotatable bonds is 6. The van der Waals surface area contributed by atoms with Crippen molar-refractivity contribution < 1.29 is 18.0 Å². The largest absolute Gasteiger partial charge is 0.326 e. The number of imide groups is 1. The zero-order chi connectivity index (χ0) is 23.4. The van der Waals surface area contributed by atoms with Gasteiger partial charge in [-0.1, -0.05) is 30.1 Å². The number of hydrogen-bond acceptors (Lipinski definition) is 5. The summed E-state index contributed by atoms with van der Waals surface area (Å²) in [6, 6.07) is 7.52. The molecule has 3 aromatic rings. The summed E-state index contributed by atoms with van der Waals surface area (Å²) in [6.45, 7) is 2.52. The summed E-state index contributed by atoms with van der Waals surface area (Å²) < 4.78 is 28.0. The third kappa shape index (κ3) is 3.59. The van der Waals surface area contributed by atoms with Crippen LogP contribution in [0.5, 0.6) is 0 Å². The zero-order valence-electron chi connectivity index (χ0n) is 17.6. The van der Waals surface area contributed by atoms with Crippen LogP contribution in [0.25, 0.3) is 11.0 Å². The van der Waals surface area contributed by atoms with E-state index in [1.54, 1.807) is 6.07 Å². The smallest absolute Gasteiger partial charge is 0.262 e. The number of aromatic nitrogens is 2. The fraction of sp³-hybridized carbons (Fsp3) is 0.286. The first-order chi connectivity index (χ1) is 15.1. The molecule has 1 aliphatic rings. The normalized spacial score (nSPS) is 14.1. The SMILES string of the molecule is CCCn1c(CN2C(=O)c3cc(Cl)c(Cl)cc3C2=O)nc2cc(S(=O)(=O)N(C)C)ccc21. The number of fused-ring (bicyclic) bond motifs is 2. The van der Waals surface area contributed by atoms with Gasteiger partial charge in [0.15, 0.2) is 0 Å². The summed E-state index contributed by atoms with van der Waals surface area (Å²) in [5.74, 6) is -0.475. The highest BCUT2D eigenvalue weighted by Gasteiger charge is 2.37. The van der Waals surface area contributed by atoms with Gasteiger partial charge in [0.1, 0.15) is 5.82 Å². The van der Waals surface area contributed by atoms with Crippen molar-refractivity contribution in [1.82, 2.24) is 18.8 Å². The minimum atomic E-state index is -3.63. The molecule has 0 N–H and O–H groups in total. The molecule has 0 spiro atoms. The second kappa shape index (κ2) is 8.15. The van der Waals surface area contributed by atoms with Crippen LogP contribution in [0.3, 0.4) is 0 Å². The molecular weight excluding hydrogens is 475 g/mol. The number of benzene rings is 2. The van der Waals surface area contributed by atoms with Crippen molar-refractivity contribution in [2.75, 3.05) is 14.1 Å². The van der Waals surface area contributed by atoms with E-state index in [4.69, 9.17) is 23.2 Å². The van der Waals surface area contributed by atoms with Crippen LogP contribution in [0.4, 0.5) is 0 Å². The van der Waals surface area contributed by atoms with Crippen molar-refractivity contribution in [3.63, 3.8) is 0 Å². The summed E-state index contributed by atoms with van der Waals surface area (Å²) in [4.78, 5) is 31.6. The van der Waals surface area contributed by atoms with Crippen molar-refractivity contribution in [3.8, 4) is 0 Å². The maximum absolute atomic E-state index is 12.9. The van der Waals surface area contributed by atoms with Gasteiger partial charge in [0, 0.05) is 20.6 Å². The first-order valence-corrected chi connectivity index (χ1v) is 12.0. The molecule has 0 bridgehead atoms. The molecule has 0 radical (unpaired) electrons. The monoisotopic (exact) mass is 494 g/mol. The number of imidazole rings is 1. The molecule has 4 rings (SSSR count). The van der Waals surface area contributed by atoms with Crippen molar-refractivity contribution >= 4 is 56.1 Å². The number of carbonyl (C=O) groups is 2. The minimum absolute atomic E-state index is 0.0635. The Kier molecular flexibility index (Phi) is 5.79. The summed E-state index contributed by atoms with van der Waals surface area (Å²) in [6.07, 6.45) is 0.781. The molecule has 8 nitrogen and oxygen atoms in total. The lowest BCUT2D eigenvalue weighted by Gasteiger charge is -2.15. The van der Waals surface area contributed by atoms with Gasteiger partial charge in [-0.3, -0.25) is 14.5 Å². The quantitative estimate of drug-likeness (QED) is 0.485. The van der Waals surface area contributed by atoms with E-state index < -0.39 is 21.8 Å². The summed E-state index contributed by atoms with van der Waals surface area (Å²) in [5.41, 5.74) is 1.59. The van der Waals surface area contributed by atoms with Crippen molar-refractivity contribution in [3.05, 3.63) is 57.3 Å². The molecule has 11 heteroatoms. The van der Waals surface area contributed by atoms with Crippen LogP contribution in [-0.2, 0) is 23.1 Å². The van der Waals surface area contributed by atoms with Gasteiger partial charge in [0.2, 0.25) is 10.0 Å². The fourth-order valence-corrected chi connectivity index (χ4v) is 4.94. The number of amides is 2. The average molecular weight is 495 g/mol. The summed E-state index contributed by atoms with van der Waals surface area (Å²) >= 11 is 12.0. The Morgan fingerprint density at radius 1 is 1.00 bits per heavy atom. The lowest BCUT2D eigenvalue weighted by atomic mass is 10.1. The number of carbonyl (C=O) groups excluding carboxylic acids is 2. The highest BCUT2D eigenvalue weighted by Crippen LogP contribution is 2.32. The molecule has 0 fully saturated rings. The maximum Gasteiger partial charge on any atom is 0.262 e. The Morgan fingerprint density at radius 3 is 2.12 bits per heavy atom. The van der Waals surface area contributed by atoms with E-state index in [1.165, 1.54) is 38.4 Å². The highest BCUT2D eigenvalue weighted by atomic mass is 35.5. The minimum Gasteiger partial charge on any atom is -0.326 e. The van der Waals surface area contributed by atoms with E-state index in [0.29, 0.717) is 17.9 Å². The van der Waals surface area contributed by atoms with Gasteiger partial charge in [0.25, 0.3) is 11.8 Å². The van der Waals surface area contributed by atoms with E-state index in [0.717, 1.165) is 21.1 Å². The van der Waals surface area contributed by atoms with Crippen LogP contribution in [0.1, 0.15) is 39.9 Å². The molecule has 0 saturated carbocycles. The molecule has 0 atom stereocenters. The third-order valence-electron chi connectivity index (χ3n) is 5.34. The van der Waals surface area contributed by atoms with E-state index in [2.05, 4.69) is 4.98 Å². The van der Waals surface area contributed by atoms with Crippen LogP contribution in [0.15, 0.2) is 35.2 Å². The number of hydrogen-bond donors (Lipinski definition) is 0. The molecular formula is C21H20Cl2N4O4S. The zero-order valence-corrected chi connectivity index (χ0v) is 19.9. The van der Waals surface area contributed by atoms with Crippen LogP contribution < -0.4 is 0 Å². The van der Waals surface area contributed by atoms with Crippen LogP contribution in [-0.4, -0.2) is 53.1 Å². The Bertz CT molecular complexity index is 1340. The number of aryl methyl sites for hydroxylation is 1. The fourth-order valence-electron chi connectivity index (χ4n) is 3.69. The lowest BCUT2D eigenvalue weighted by molar-refractivity contribution is 0.0636. The predicted molar refractivity (Wildman–Crippen MR) is 122 cm³/mol. The molecule has 2 heterocycles. The molecule has 0 saturated heterocycles. The van der Waals surface area contributed by atoms with E-state index in [1.807, 2.05) is 11.5 Å². The second-order valence-electron chi connectivity index (χ2n) is 7.63. The van der Waals surface area contributed by atoms with Gasteiger partial charge in [-0.25, -0.2) is 17.7 Å². The molecule has 2 aromatic carbocycles. The molecule has 1 aromatic heterocycles. The van der Waals surface area contributed by atoms with E-state index in [9.17, 15) is 18.0 Å². The maximum atomic E-state index is 12.9. The molecule has 32 heavy (non-hydrogen) atoms. The lowest BCUT2D eigenvalue weighted by Crippen LogP contribution is -2.30. The highest BCUT2D eigenvalue weighted by molar-refractivity contribution is 7.89. The Labute approximate surface area is 195 Å². The molecule has 2 amide bonds. The summed E-state index contributed by atoms with van der Waals surface area (Å²) in [7, 11) is -0.709. The Balaban J connectivity index is 1.77.